The van der Waals surface area contributed by atoms with Crippen molar-refractivity contribution in [2.75, 3.05) is 6.54 Å². The topological polar surface area (TPSA) is 58.2 Å². The Morgan fingerprint density at radius 2 is 2.00 bits per heavy atom. The Bertz CT molecular complexity index is 110. The standard InChI is InChI=1S/C3H4N2O2.H2S/c6-2-1-4-3(7)5-2;/h1H2,(H2,4,5,6,7);1H2. The molecule has 1 saturated heterocycles. The first-order valence-electron chi connectivity index (χ1n) is 1.87. The highest BCUT2D eigenvalue weighted by atomic mass is 32.1. The molecule has 1 heterocycles. The highest BCUT2D eigenvalue weighted by molar-refractivity contribution is 7.59. The average molecular weight is 134 g/mol. The molecule has 0 bridgehead atoms. The number of rotatable bonds is 0. The van der Waals surface area contributed by atoms with Gasteiger partial charge in [-0.05, 0) is 0 Å². The van der Waals surface area contributed by atoms with Gasteiger partial charge in [0, 0.05) is 0 Å². The van der Waals surface area contributed by atoms with Gasteiger partial charge in [-0.25, -0.2) is 4.79 Å². The maximum Gasteiger partial charge on any atom is 0.321 e. The van der Waals surface area contributed by atoms with Gasteiger partial charge in [0.1, 0.15) is 0 Å². The van der Waals surface area contributed by atoms with Gasteiger partial charge in [0.2, 0.25) is 5.91 Å². The molecule has 1 fully saturated rings. The van der Waals surface area contributed by atoms with Gasteiger partial charge < -0.3 is 5.32 Å². The predicted octanol–water partition coefficient (Wildman–Crippen LogP) is -1.06. The number of amides is 3. The molecule has 3 amide bonds. The molecule has 1 aliphatic heterocycles. The van der Waals surface area contributed by atoms with Crippen LogP contribution in [0.25, 0.3) is 0 Å². The van der Waals surface area contributed by atoms with E-state index in [2.05, 4.69) is 5.32 Å². The van der Waals surface area contributed by atoms with Crippen molar-refractivity contribution in [2.24, 2.45) is 0 Å². The summed E-state index contributed by atoms with van der Waals surface area (Å²) in [5.74, 6) is -0.259. The maximum atomic E-state index is 10.1. The second kappa shape index (κ2) is 2.56. The van der Waals surface area contributed by atoms with Crippen LogP contribution in [0.2, 0.25) is 0 Å². The molecule has 0 aromatic heterocycles. The van der Waals surface area contributed by atoms with Gasteiger partial charge in [0.15, 0.2) is 0 Å². The molecule has 1 rings (SSSR count). The average Bonchev–Trinajstić information content (AvgIpc) is 1.87. The van der Waals surface area contributed by atoms with Crippen LogP contribution in [0.5, 0.6) is 0 Å². The fourth-order valence-electron chi connectivity index (χ4n) is 0.376. The van der Waals surface area contributed by atoms with E-state index in [1.54, 1.807) is 0 Å². The van der Waals surface area contributed by atoms with Crippen LogP contribution in [0, 0.1) is 0 Å². The molecule has 46 valence electrons. The third-order valence-electron chi connectivity index (χ3n) is 0.662. The summed E-state index contributed by atoms with van der Waals surface area (Å²) in [6.45, 7) is 0.124. The minimum absolute atomic E-state index is 0. The molecule has 2 N–H and O–H groups in total. The lowest BCUT2D eigenvalue weighted by Crippen LogP contribution is -2.22. The fourth-order valence-corrected chi connectivity index (χ4v) is 0.376. The summed E-state index contributed by atoms with van der Waals surface area (Å²) < 4.78 is 0. The van der Waals surface area contributed by atoms with Gasteiger partial charge >= 0.3 is 6.03 Å². The monoisotopic (exact) mass is 134 g/mol. The van der Waals surface area contributed by atoms with Crippen molar-refractivity contribution in [3.05, 3.63) is 0 Å². The van der Waals surface area contributed by atoms with Crippen molar-refractivity contribution in [1.82, 2.24) is 10.6 Å². The summed E-state index contributed by atoms with van der Waals surface area (Å²) in [4.78, 5) is 20.1. The maximum absolute atomic E-state index is 10.1. The lowest BCUT2D eigenvalue weighted by molar-refractivity contribution is -0.117. The Kier molecular flexibility index (Phi) is 2.33. The molecule has 4 nitrogen and oxygen atoms in total. The number of carbonyl (C=O) groups excluding carboxylic acids is 2. The van der Waals surface area contributed by atoms with Crippen LogP contribution in [0.3, 0.4) is 0 Å². The zero-order chi connectivity index (χ0) is 5.28. The highest BCUT2D eigenvalue weighted by Crippen LogP contribution is 1.73. The zero-order valence-electron chi connectivity index (χ0n) is 4.02. The summed E-state index contributed by atoms with van der Waals surface area (Å²) in [6.07, 6.45) is 0. The number of hydrogen-bond donors (Lipinski definition) is 2. The van der Waals surface area contributed by atoms with Gasteiger partial charge in [-0.3, -0.25) is 10.1 Å². The quantitative estimate of drug-likeness (QED) is 0.415. The Morgan fingerprint density at radius 1 is 1.38 bits per heavy atom. The minimum atomic E-state index is -0.398. The number of nitrogens with one attached hydrogen (secondary N) is 2. The molecule has 0 aromatic rings. The van der Waals surface area contributed by atoms with E-state index in [9.17, 15) is 9.59 Å². The second-order valence-electron chi connectivity index (χ2n) is 1.23. The van der Waals surface area contributed by atoms with Gasteiger partial charge in [0.05, 0.1) is 6.54 Å². The van der Waals surface area contributed by atoms with Crippen molar-refractivity contribution in [3.8, 4) is 0 Å². The van der Waals surface area contributed by atoms with Crippen LogP contribution >= 0.6 is 13.5 Å². The van der Waals surface area contributed by atoms with Crippen molar-refractivity contribution in [1.29, 1.82) is 0 Å². The first-order valence-corrected chi connectivity index (χ1v) is 1.87. The number of carbonyl (C=O) groups is 2. The van der Waals surface area contributed by atoms with E-state index in [4.69, 9.17) is 0 Å². The van der Waals surface area contributed by atoms with Crippen molar-refractivity contribution < 1.29 is 9.59 Å². The molecular formula is C3H6N2O2S. The van der Waals surface area contributed by atoms with Crippen LogP contribution < -0.4 is 10.6 Å². The molecule has 8 heavy (non-hydrogen) atoms. The van der Waals surface area contributed by atoms with Gasteiger partial charge in [-0.2, -0.15) is 13.5 Å². The molecule has 0 radical (unpaired) electrons. The molecule has 0 aliphatic carbocycles. The zero-order valence-corrected chi connectivity index (χ0v) is 5.02. The molecular weight excluding hydrogens is 128 g/mol. The van der Waals surface area contributed by atoms with Crippen molar-refractivity contribution in [3.63, 3.8) is 0 Å². The van der Waals surface area contributed by atoms with Crippen LogP contribution in [0.1, 0.15) is 0 Å². The van der Waals surface area contributed by atoms with Crippen LogP contribution in [0.15, 0.2) is 0 Å². The lowest BCUT2D eigenvalue weighted by atomic mass is 10.7. The lowest BCUT2D eigenvalue weighted by Gasteiger charge is -1.78. The van der Waals surface area contributed by atoms with Crippen LogP contribution in [-0.2, 0) is 4.79 Å². The third-order valence-corrected chi connectivity index (χ3v) is 0.662. The Hall–Kier alpha value is -0.710. The van der Waals surface area contributed by atoms with E-state index in [0.717, 1.165) is 0 Å². The molecule has 5 heteroatoms. The SMILES string of the molecule is O=C1CNC(=O)N1.S. The second-order valence-corrected chi connectivity index (χ2v) is 1.23. The summed E-state index contributed by atoms with van der Waals surface area (Å²) in [7, 11) is 0. The van der Waals surface area contributed by atoms with E-state index in [1.165, 1.54) is 0 Å². The molecule has 0 saturated carbocycles. The Labute approximate surface area is 53.1 Å². The fraction of sp³-hybridized carbons (Fsp3) is 0.333. The van der Waals surface area contributed by atoms with Crippen molar-refractivity contribution in [2.45, 2.75) is 0 Å². The summed E-state index contributed by atoms with van der Waals surface area (Å²) in [6, 6.07) is -0.398. The summed E-state index contributed by atoms with van der Waals surface area (Å²) >= 11 is 0. The largest absolute Gasteiger partial charge is 0.329 e. The summed E-state index contributed by atoms with van der Waals surface area (Å²) in [5.41, 5.74) is 0. The normalized spacial score (nSPS) is 16.5. The van der Waals surface area contributed by atoms with E-state index in [0.29, 0.717) is 0 Å². The van der Waals surface area contributed by atoms with Crippen molar-refractivity contribution >= 4 is 25.4 Å². The highest BCUT2D eigenvalue weighted by Gasteiger charge is 2.14. The van der Waals surface area contributed by atoms with Gasteiger partial charge in [-0.15, -0.1) is 0 Å². The molecule has 0 aromatic carbocycles. The number of imide groups is 1. The number of urea groups is 1. The Balaban J connectivity index is 0.000000490. The molecule has 0 atom stereocenters. The molecule has 1 aliphatic rings. The van der Waals surface area contributed by atoms with E-state index >= 15 is 0 Å². The van der Waals surface area contributed by atoms with Crippen LogP contribution in [-0.4, -0.2) is 18.5 Å². The first-order chi connectivity index (χ1) is 3.29. The molecule has 0 unspecified atom stereocenters. The van der Waals surface area contributed by atoms with Gasteiger partial charge in [-0.1, -0.05) is 0 Å². The minimum Gasteiger partial charge on any atom is -0.329 e. The van der Waals surface area contributed by atoms with E-state index < -0.39 is 6.03 Å². The van der Waals surface area contributed by atoms with Gasteiger partial charge in [0.25, 0.3) is 0 Å². The van der Waals surface area contributed by atoms with E-state index in [-0.39, 0.29) is 25.9 Å². The Morgan fingerprint density at radius 3 is 2.12 bits per heavy atom. The molecule has 0 spiro atoms. The third kappa shape index (κ3) is 1.42. The number of hydrogen-bond acceptors (Lipinski definition) is 2. The summed E-state index contributed by atoms with van der Waals surface area (Å²) in [5, 5.41) is 4.30. The van der Waals surface area contributed by atoms with Crippen LogP contribution in [0.4, 0.5) is 4.79 Å². The first kappa shape index (κ1) is 7.29. The van der Waals surface area contributed by atoms with E-state index in [1.807, 2.05) is 5.32 Å². The smallest absolute Gasteiger partial charge is 0.321 e. The predicted molar refractivity (Wildman–Crippen MR) is 31.9 cm³/mol.